The molecule has 1 aromatic carbocycles. The fourth-order valence-electron chi connectivity index (χ4n) is 7.75. The van der Waals surface area contributed by atoms with Crippen molar-refractivity contribution in [3.63, 3.8) is 0 Å². The van der Waals surface area contributed by atoms with Crippen LogP contribution in [0.25, 0.3) is 0 Å². The predicted molar refractivity (Wildman–Crippen MR) is 132 cm³/mol. The van der Waals surface area contributed by atoms with E-state index in [1.807, 2.05) is 4.90 Å². The molecule has 34 heavy (non-hydrogen) atoms. The van der Waals surface area contributed by atoms with Crippen LogP contribution in [0.15, 0.2) is 12.1 Å². The summed E-state index contributed by atoms with van der Waals surface area (Å²) in [5.74, 6) is 2.53. The van der Waals surface area contributed by atoms with Gasteiger partial charge in [-0.15, -0.1) is 0 Å². The summed E-state index contributed by atoms with van der Waals surface area (Å²) in [5.41, 5.74) is 3.90. The molecule has 0 spiro atoms. The molecule has 4 unspecified atom stereocenters. The first-order chi connectivity index (χ1) is 16.4. The zero-order chi connectivity index (χ0) is 24.0. The SMILES string of the molecule is CCN(CC)CCN1C(=O)COc2ccc3c(c21)CCC1C3CCC2(C)C1CC[C@@H]2OC(C)=O. The van der Waals surface area contributed by atoms with Crippen LogP contribution in [-0.4, -0.2) is 55.7 Å². The fraction of sp³-hybridized carbons (Fsp3) is 0.714. The second kappa shape index (κ2) is 9.18. The molecule has 186 valence electrons. The van der Waals surface area contributed by atoms with Gasteiger partial charge in [0.1, 0.15) is 11.9 Å². The number of hydrogen-bond donors (Lipinski definition) is 0. The first kappa shape index (κ1) is 23.7. The minimum absolute atomic E-state index is 0.0578. The van der Waals surface area contributed by atoms with Crippen molar-refractivity contribution in [1.29, 1.82) is 0 Å². The molecule has 0 N–H and O–H groups in total. The molecule has 5 atom stereocenters. The molecule has 0 saturated heterocycles. The van der Waals surface area contributed by atoms with E-state index in [1.165, 1.54) is 18.1 Å². The molecule has 1 amide bonds. The van der Waals surface area contributed by atoms with Crippen molar-refractivity contribution in [2.45, 2.75) is 78.2 Å². The van der Waals surface area contributed by atoms with Gasteiger partial charge in [-0.1, -0.05) is 26.8 Å². The Labute approximate surface area is 204 Å². The number of anilines is 1. The third-order valence-electron chi connectivity index (χ3n) is 9.52. The summed E-state index contributed by atoms with van der Waals surface area (Å²) < 4.78 is 11.7. The largest absolute Gasteiger partial charge is 0.482 e. The Kier molecular flexibility index (Phi) is 6.38. The summed E-state index contributed by atoms with van der Waals surface area (Å²) in [6, 6.07) is 4.39. The summed E-state index contributed by atoms with van der Waals surface area (Å²) in [6.07, 6.45) is 6.53. The molecule has 1 aromatic rings. The van der Waals surface area contributed by atoms with Crippen LogP contribution in [0.2, 0.25) is 0 Å². The van der Waals surface area contributed by atoms with Crippen LogP contribution < -0.4 is 9.64 Å². The number of benzene rings is 1. The highest BCUT2D eigenvalue weighted by Gasteiger charge is 2.56. The molecule has 5 rings (SSSR count). The van der Waals surface area contributed by atoms with Crippen molar-refractivity contribution < 1.29 is 19.1 Å². The van der Waals surface area contributed by atoms with E-state index in [1.54, 1.807) is 0 Å². The molecule has 1 aliphatic heterocycles. The first-order valence-corrected chi connectivity index (χ1v) is 13.4. The molecule has 2 fully saturated rings. The van der Waals surface area contributed by atoms with E-state index < -0.39 is 0 Å². The molecule has 4 aliphatic rings. The lowest BCUT2D eigenvalue weighted by Crippen LogP contribution is -2.46. The van der Waals surface area contributed by atoms with Crippen LogP contribution in [0.4, 0.5) is 5.69 Å². The average Bonchev–Trinajstić information content (AvgIpc) is 3.15. The lowest BCUT2D eigenvalue weighted by Gasteiger charge is -2.51. The number of hydrogen-bond acceptors (Lipinski definition) is 5. The van der Waals surface area contributed by atoms with Gasteiger partial charge < -0.3 is 19.3 Å². The smallest absolute Gasteiger partial charge is 0.302 e. The number of nitrogens with zero attached hydrogens (tertiary/aromatic N) is 2. The number of fused-ring (bicyclic) bond motifs is 7. The Hall–Kier alpha value is -2.08. The molecule has 0 radical (unpaired) electrons. The van der Waals surface area contributed by atoms with Crippen molar-refractivity contribution in [2.24, 2.45) is 17.3 Å². The lowest BCUT2D eigenvalue weighted by molar-refractivity contribution is -0.154. The van der Waals surface area contributed by atoms with Gasteiger partial charge >= 0.3 is 5.97 Å². The molecule has 6 nitrogen and oxygen atoms in total. The highest BCUT2D eigenvalue weighted by atomic mass is 16.5. The van der Waals surface area contributed by atoms with Crippen LogP contribution >= 0.6 is 0 Å². The van der Waals surface area contributed by atoms with Crippen LogP contribution in [0.3, 0.4) is 0 Å². The van der Waals surface area contributed by atoms with E-state index >= 15 is 0 Å². The minimum Gasteiger partial charge on any atom is -0.482 e. The number of carbonyl (C=O) groups is 2. The molecule has 0 bridgehead atoms. The van der Waals surface area contributed by atoms with Crippen LogP contribution in [0.5, 0.6) is 5.75 Å². The van der Waals surface area contributed by atoms with Crippen molar-refractivity contribution in [2.75, 3.05) is 37.7 Å². The van der Waals surface area contributed by atoms with E-state index in [0.29, 0.717) is 24.3 Å². The molecular formula is C28H40N2O4. The Morgan fingerprint density at radius 2 is 2.00 bits per heavy atom. The third-order valence-corrected chi connectivity index (χ3v) is 9.52. The molecule has 2 saturated carbocycles. The van der Waals surface area contributed by atoms with Gasteiger partial charge in [-0.05, 0) is 86.6 Å². The maximum atomic E-state index is 13.0. The van der Waals surface area contributed by atoms with E-state index in [4.69, 9.17) is 9.47 Å². The molecule has 0 aromatic heterocycles. The lowest BCUT2D eigenvalue weighted by atomic mass is 9.55. The van der Waals surface area contributed by atoms with Crippen molar-refractivity contribution in [1.82, 2.24) is 4.90 Å². The highest BCUT2D eigenvalue weighted by molar-refractivity contribution is 5.99. The van der Waals surface area contributed by atoms with Gasteiger partial charge in [0, 0.05) is 25.4 Å². The first-order valence-electron chi connectivity index (χ1n) is 13.4. The number of ether oxygens (including phenoxy) is 2. The van der Waals surface area contributed by atoms with Gasteiger partial charge in [-0.3, -0.25) is 9.59 Å². The van der Waals surface area contributed by atoms with Crippen LogP contribution in [0.1, 0.15) is 76.8 Å². The average molecular weight is 469 g/mol. The summed E-state index contributed by atoms with van der Waals surface area (Å²) in [4.78, 5) is 29.1. The van der Waals surface area contributed by atoms with Gasteiger partial charge in [0.05, 0.1) is 5.69 Å². The van der Waals surface area contributed by atoms with Crippen LogP contribution in [0, 0.1) is 17.3 Å². The van der Waals surface area contributed by atoms with Gasteiger partial charge in [0.25, 0.3) is 5.91 Å². The summed E-state index contributed by atoms with van der Waals surface area (Å²) >= 11 is 0. The van der Waals surface area contributed by atoms with Crippen molar-refractivity contribution in [3.8, 4) is 5.75 Å². The van der Waals surface area contributed by atoms with Gasteiger partial charge in [0.15, 0.2) is 6.61 Å². The molecular weight excluding hydrogens is 428 g/mol. The maximum Gasteiger partial charge on any atom is 0.302 e. The van der Waals surface area contributed by atoms with Crippen molar-refractivity contribution in [3.05, 3.63) is 23.3 Å². The Bertz CT molecular complexity index is 958. The predicted octanol–water partition coefficient (Wildman–Crippen LogP) is 4.54. The quantitative estimate of drug-likeness (QED) is 0.574. The second-order valence-corrected chi connectivity index (χ2v) is 11.0. The number of rotatable bonds is 6. The normalized spacial score (nSPS) is 31.9. The van der Waals surface area contributed by atoms with E-state index in [0.717, 1.165) is 69.6 Å². The number of esters is 1. The van der Waals surface area contributed by atoms with E-state index in [9.17, 15) is 9.59 Å². The second-order valence-electron chi connectivity index (χ2n) is 11.0. The molecule has 1 heterocycles. The summed E-state index contributed by atoms with van der Waals surface area (Å²) in [5, 5.41) is 0. The van der Waals surface area contributed by atoms with E-state index in [2.05, 4.69) is 37.8 Å². The standard InChI is InChI=1S/C28H40N2O4/c1-5-29(6-2)15-16-30-26(32)17-33-24-11-9-19-20-13-14-28(4)23(10-12-25(28)34-18(3)31)21(20)7-8-22(19)27(24)30/h9,11,20-21,23,25H,5-8,10,12-17H2,1-4H3/t20?,21?,23?,25-,28?/m0/s1. The summed E-state index contributed by atoms with van der Waals surface area (Å²) in [7, 11) is 0. The van der Waals surface area contributed by atoms with Gasteiger partial charge in [-0.2, -0.15) is 0 Å². The number of amides is 1. The maximum absolute atomic E-state index is 13.0. The van der Waals surface area contributed by atoms with Gasteiger partial charge in [0.2, 0.25) is 0 Å². The zero-order valence-corrected chi connectivity index (χ0v) is 21.3. The number of likely N-dealkylation sites (N-methyl/N-ethyl adjacent to an activating group) is 1. The molecule has 3 aliphatic carbocycles. The van der Waals surface area contributed by atoms with Crippen LogP contribution in [-0.2, 0) is 20.7 Å². The number of carbonyl (C=O) groups excluding carboxylic acids is 2. The minimum atomic E-state index is -0.149. The zero-order valence-electron chi connectivity index (χ0n) is 21.3. The fourth-order valence-corrected chi connectivity index (χ4v) is 7.75. The Balaban J connectivity index is 1.44. The summed E-state index contributed by atoms with van der Waals surface area (Å²) in [6.45, 7) is 12.0. The van der Waals surface area contributed by atoms with Gasteiger partial charge in [-0.25, -0.2) is 0 Å². The Morgan fingerprint density at radius 1 is 1.21 bits per heavy atom. The molecule has 6 heteroatoms. The van der Waals surface area contributed by atoms with E-state index in [-0.39, 0.29) is 30.0 Å². The highest BCUT2D eigenvalue weighted by Crippen LogP contribution is 2.62. The topological polar surface area (TPSA) is 59.1 Å². The Morgan fingerprint density at radius 3 is 2.74 bits per heavy atom. The van der Waals surface area contributed by atoms with Crippen molar-refractivity contribution >= 4 is 17.6 Å². The monoisotopic (exact) mass is 468 g/mol. The third kappa shape index (κ3) is 3.82.